The number of tetrazole rings is 1. The van der Waals surface area contributed by atoms with Gasteiger partial charge >= 0.3 is 0 Å². The smallest absolute Gasteiger partial charge is 0.270 e. The highest BCUT2D eigenvalue weighted by Gasteiger charge is 2.14. The fourth-order valence-electron chi connectivity index (χ4n) is 2.57. The van der Waals surface area contributed by atoms with Gasteiger partial charge in [0.1, 0.15) is 0 Å². The van der Waals surface area contributed by atoms with Crippen molar-refractivity contribution in [2.45, 2.75) is 32.7 Å². The number of anilines is 1. The highest BCUT2D eigenvalue weighted by atomic mass is 16.2. The van der Waals surface area contributed by atoms with Crippen molar-refractivity contribution < 1.29 is 9.59 Å². The van der Waals surface area contributed by atoms with Gasteiger partial charge in [0.25, 0.3) is 17.8 Å². The summed E-state index contributed by atoms with van der Waals surface area (Å²) in [6.07, 6.45) is 0. The van der Waals surface area contributed by atoms with E-state index < -0.39 is 0 Å². The quantitative estimate of drug-likeness (QED) is 0.632. The van der Waals surface area contributed by atoms with E-state index in [4.69, 9.17) is 0 Å². The van der Waals surface area contributed by atoms with Crippen LogP contribution in [0.4, 0.5) is 5.95 Å². The maximum atomic E-state index is 12.3. The summed E-state index contributed by atoms with van der Waals surface area (Å²) in [4.78, 5) is 24.4. The molecule has 3 N–H and O–H groups in total. The van der Waals surface area contributed by atoms with E-state index in [0.717, 1.165) is 5.56 Å². The molecule has 0 aliphatic rings. The number of hydrogen-bond acceptors (Lipinski definition) is 5. The molecule has 2 aromatic carbocycles. The van der Waals surface area contributed by atoms with Crippen LogP contribution >= 0.6 is 0 Å². The molecule has 0 aliphatic heterocycles. The fraction of sp³-hybridized carbons (Fsp3) is 0.250. The zero-order chi connectivity index (χ0) is 20.1. The van der Waals surface area contributed by atoms with Crippen molar-refractivity contribution in [3.63, 3.8) is 0 Å². The Hall–Kier alpha value is -3.55. The van der Waals surface area contributed by atoms with Crippen LogP contribution in [0.3, 0.4) is 0 Å². The van der Waals surface area contributed by atoms with Crippen LogP contribution in [-0.2, 0) is 12.0 Å². The second-order valence-corrected chi connectivity index (χ2v) is 7.40. The van der Waals surface area contributed by atoms with E-state index in [9.17, 15) is 9.59 Å². The molecule has 3 rings (SSSR count). The molecule has 3 aromatic rings. The maximum Gasteiger partial charge on any atom is 0.270 e. The molecule has 0 atom stereocenters. The minimum Gasteiger partial charge on any atom is -0.348 e. The molecule has 2 amide bonds. The van der Waals surface area contributed by atoms with E-state index in [1.54, 1.807) is 24.3 Å². The van der Waals surface area contributed by atoms with Crippen LogP contribution < -0.4 is 10.6 Å². The van der Waals surface area contributed by atoms with E-state index in [2.05, 4.69) is 52.0 Å². The summed E-state index contributed by atoms with van der Waals surface area (Å²) in [7, 11) is 0. The Bertz CT molecular complexity index is 942. The van der Waals surface area contributed by atoms with Gasteiger partial charge in [-0.15, -0.1) is 5.10 Å². The summed E-state index contributed by atoms with van der Waals surface area (Å²) in [6, 6.07) is 14.5. The number of aromatic nitrogens is 4. The second kappa shape index (κ2) is 7.99. The summed E-state index contributed by atoms with van der Waals surface area (Å²) >= 11 is 0. The molecule has 0 saturated heterocycles. The number of hydrogen-bond donors (Lipinski definition) is 3. The molecule has 0 saturated carbocycles. The first-order chi connectivity index (χ1) is 13.3. The SMILES string of the molecule is CC(C)(C)c1ccc(C(=O)NCc2ccc(C(=O)Nc3nn[nH]n3)cc2)cc1. The van der Waals surface area contributed by atoms with E-state index in [-0.39, 0.29) is 23.2 Å². The van der Waals surface area contributed by atoms with Crippen LogP contribution in [0, 0.1) is 0 Å². The van der Waals surface area contributed by atoms with Crippen molar-refractivity contribution in [1.29, 1.82) is 0 Å². The highest BCUT2D eigenvalue weighted by molar-refractivity contribution is 6.03. The van der Waals surface area contributed by atoms with Crippen LogP contribution in [0.15, 0.2) is 48.5 Å². The predicted octanol–water partition coefficient (Wildman–Crippen LogP) is 2.68. The molecular weight excluding hydrogens is 356 g/mol. The standard InChI is InChI=1S/C20H22N6O2/c1-20(2,3)16-10-8-14(9-11-16)17(27)21-12-13-4-6-15(7-5-13)18(28)22-19-23-25-26-24-19/h4-11H,12H2,1-3H3,(H,21,27)(H2,22,23,24,25,26,28). The number of H-pyrrole nitrogens is 1. The van der Waals surface area contributed by atoms with Crippen molar-refractivity contribution in [1.82, 2.24) is 25.9 Å². The third-order valence-electron chi connectivity index (χ3n) is 4.25. The van der Waals surface area contributed by atoms with Crippen LogP contribution in [0.5, 0.6) is 0 Å². The summed E-state index contributed by atoms with van der Waals surface area (Å²) in [6.45, 7) is 6.77. The Morgan fingerprint density at radius 3 is 2.11 bits per heavy atom. The lowest BCUT2D eigenvalue weighted by molar-refractivity contribution is 0.0949. The third-order valence-corrected chi connectivity index (χ3v) is 4.25. The van der Waals surface area contributed by atoms with Gasteiger partial charge in [-0.1, -0.05) is 50.1 Å². The number of carbonyl (C=O) groups excluding carboxylic acids is 2. The Morgan fingerprint density at radius 1 is 0.929 bits per heavy atom. The van der Waals surface area contributed by atoms with E-state index >= 15 is 0 Å². The molecular formula is C20H22N6O2. The van der Waals surface area contributed by atoms with E-state index in [0.29, 0.717) is 17.7 Å². The van der Waals surface area contributed by atoms with Crippen molar-refractivity contribution >= 4 is 17.8 Å². The molecule has 0 bridgehead atoms. The molecule has 0 aliphatic carbocycles. The molecule has 8 nitrogen and oxygen atoms in total. The minimum atomic E-state index is -0.337. The molecule has 0 fully saturated rings. The van der Waals surface area contributed by atoms with E-state index in [1.165, 1.54) is 5.56 Å². The minimum absolute atomic E-state index is 0.0484. The maximum absolute atomic E-state index is 12.3. The van der Waals surface area contributed by atoms with Gasteiger partial charge in [-0.2, -0.15) is 5.21 Å². The van der Waals surface area contributed by atoms with Crippen LogP contribution in [0.2, 0.25) is 0 Å². The Balaban J connectivity index is 1.55. The van der Waals surface area contributed by atoms with Crippen LogP contribution in [0.1, 0.15) is 52.6 Å². The lowest BCUT2D eigenvalue weighted by atomic mass is 9.87. The van der Waals surface area contributed by atoms with E-state index in [1.807, 2.05) is 24.3 Å². The number of nitrogens with one attached hydrogen (secondary N) is 3. The van der Waals surface area contributed by atoms with Crippen molar-refractivity contribution in [3.05, 3.63) is 70.8 Å². The van der Waals surface area contributed by atoms with Gasteiger partial charge in [0.05, 0.1) is 0 Å². The first kappa shape index (κ1) is 19.2. The number of rotatable bonds is 5. The zero-order valence-electron chi connectivity index (χ0n) is 16.0. The first-order valence-electron chi connectivity index (χ1n) is 8.85. The Labute approximate surface area is 162 Å². The number of nitrogens with zero attached hydrogens (tertiary/aromatic N) is 3. The third kappa shape index (κ3) is 4.79. The summed E-state index contributed by atoms with van der Waals surface area (Å²) < 4.78 is 0. The number of amides is 2. The highest BCUT2D eigenvalue weighted by Crippen LogP contribution is 2.22. The topological polar surface area (TPSA) is 113 Å². The summed E-state index contributed by atoms with van der Waals surface area (Å²) in [5.41, 5.74) is 3.18. The van der Waals surface area contributed by atoms with Crippen molar-refractivity contribution in [2.75, 3.05) is 5.32 Å². The normalized spacial score (nSPS) is 11.1. The predicted molar refractivity (Wildman–Crippen MR) is 105 cm³/mol. The van der Waals surface area contributed by atoms with Gasteiger partial charge in [0.15, 0.2) is 0 Å². The van der Waals surface area contributed by atoms with Crippen LogP contribution in [-0.4, -0.2) is 32.4 Å². The van der Waals surface area contributed by atoms with Gasteiger partial charge in [-0.3, -0.25) is 14.9 Å². The molecule has 1 aromatic heterocycles. The molecule has 0 unspecified atom stereocenters. The first-order valence-corrected chi connectivity index (χ1v) is 8.85. The molecule has 0 radical (unpaired) electrons. The molecule has 144 valence electrons. The lowest BCUT2D eigenvalue weighted by Gasteiger charge is -2.19. The molecule has 1 heterocycles. The lowest BCUT2D eigenvalue weighted by Crippen LogP contribution is -2.23. The molecule has 28 heavy (non-hydrogen) atoms. The van der Waals surface area contributed by atoms with Gasteiger partial charge in [0.2, 0.25) is 0 Å². The van der Waals surface area contributed by atoms with Gasteiger partial charge in [-0.05, 0) is 46.0 Å². The zero-order valence-corrected chi connectivity index (χ0v) is 16.0. The monoisotopic (exact) mass is 378 g/mol. The number of aromatic amines is 1. The van der Waals surface area contributed by atoms with Gasteiger partial charge in [-0.25, -0.2) is 0 Å². The Morgan fingerprint density at radius 2 is 1.54 bits per heavy atom. The number of carbonyl (C=O) groups is 2. The second-order valence-electron chi connectivity index (χ2n) is 7.40. The van der Waals surface area contributed by atoms with Gasteiger partial charge in [0, 0.05) is 17.7 Å². The van der Waals surface area contributed by atoms with Crippen molar-refractivity contribution in [2.24, 2.45) is 0 Å². The summed E-state index contributed by atoms with van der Waals surface area (Å²) in [5, 5.41) is 18.4. The molecule has 8 heteroatoms. The largest absolute Gasteiger partial charge is 0.348 e. The number of benzene rings is 2. The van der Waals surface area contributed by atoms with Crippen molar-refractivity contribution in [3.8, 4) is 0 Å². The Kier molecular flexibility index (Phi) is 5.49. The van der Waals surface area contributed by atoms with Gasteiger partial charge < -0.3 is 5.32 Å². The summed E-state index contributed by atoms with van der Waals surface area (Å²) in [5.74, 6) is -0.367. The molecule has 0 spiro atoms. The average molecular weight is 378 g/mol. The average Bonchev–Trinajstić information content (AvgIpc) is 3.19. The fourth-order valence-corrected chi connectivity index (χ4v) is 2.57. The van der Waals surface area contributed by atoms with Crippen LogP contribution in [0.25, 0.3) is 0 Å².